The molecule has 11 heavy (non-hydrogen) atoms. The van der Waals surface area contributed by atoms with Gasteiger partial charge in [0.2, 0.25) is 0 Å². The Morgan fingerprint density at radius 2 is 1.82 bits per heavy atom. The minimum Gasteiger partial charge on any atom is -0.466 e. The Bertz CT molecular complexity index is 86.6. The number of aliphatic hydroxyl groups excluding tert-OH is 1. The van der Waals surface area contributed by atoms with Crippen LogP contribution in [0.15, 0.2) is 0 Å². The van der Waals surface area contributed by atoms with E-state index in [1.54, 1.807) is 27.7 Å². The maximum atomic E-state index is 10.2. The molecule has 0 aromatic heterocycles. The van der Waals surface area contributed by atoms with Crippen molar-refractivity contribution >= 4 is 5.97 Å². The molecule has 0 bridgehead atoms. The van der Waals surface area contributed by atoms with Crippen LogP contribution in [0.25, 0.3) is 0 Å². The van der Waals surface area contributed by atoms with Crippen molar-refractivity contribution in [2.24, 2.45) is 0 Å². The summed E-state index contributed by atoms with van der Waals surface area (Å²) >= 11 is 0. The standard InChI is InChI=1S/C5H10O2.C3H8O/c1-3-5(6)7-4-2;1-3(2)4/h3-4H2,1-2H3;3-4H,1-2H3. The van der Waals surface area contributed by atoms with E-state index in [1.807, 2.05) is 0 Å². The molecule has 0 spiro atoms. The summed E-state index contributed by atoms with van der Waals surface area (Å²) in [7, 11) is 0. The van der Waals surface area contributed by atoms with Gasteiger partial charge in [0.15, 0.2) is 0 Å². The highest BCUT2D eigenvalue weighted by molar-refractivity contribution is 5.68. The predicted molar refractivity (Wildman–Crippen MR) is 44.3 cm³/mol. The van der Waals surface area contributed by atoms with Crippen LogP contribution in [0, 0.1) is 0 Å². The molecule has 0 saturated carbocycles. The quantitative estimate of drug-likeness (QED) is 0.623. The molecule has 0 rings (SSSR count). The van der Waals surface area contributed by atoms with Crippen LogP contribution in [0.5, 0.6) is 0 Å². The summed E-state index contributed by atoms with van der Waals surface area (Å²) in [4.78, 5) is 10.2. The zero-order valence-corrected chi connectivity index (χ0v) is 7.76. The lowest BCUT2D eigenvalue weighted by Crippen LogP contribution is -2.00. The van der Waals surface area contributed by atoms with E-state index in [9.17, 15) is 4.79 Å². The first kappa shape index (κ1) is 13.1. The van der Waals surface area contributed by atoms with Crippen LogP contribution in [0.4, 0.5) is 0 Å². The Labute approximate surface area is 68.4 Å². The van der Waals surface area contributed by atoms with E-state index in [0.29, 0.717) is 13.0 Å². The minimum absolute atomic E-state index is 0.123. The molecule has 0 aliphatic carbocycles. The van der Waals surface area contributed by atoms with Gasteiger partial charge >= 0.3 is 5.97 Å². The summed E-state index contributed by atoms with van der Waals surface area (Å²) in [5.41, 5.74) is 0. The molecule has 3 nitrogen and oxygen atoms in total. The van der Waals surface area contributed by atoms with Gasteiger partial charge in [-0.3, -0.25) is 4.79 Å². The van der Waals surface area contributed by atoms with Gasteiger partial charge in [0.1, 0.15) is 0 Å². The Hall–Kier alpha value is -0.570. The summed E-state index contributed by atoms with van der Waals surface area (Å²) < 4.78 is 4.55. The second kappa shape index (κ2) is 9.43. The average molecular weight is 162 g/mol. The first-order valence-corrected chi connectivity index (χ1v) is 3.88. The molecule has 0 aliphatic rings. The van der Waals surface area contributed by atoms with Gasteiger partial charge in [-0.2, -0.15) is 0 Å². The molecule has 0 radical (unpaired) electrons. The number of carbonyl (C=O) groups is 1. The first-order valence-electron chi connectivity index (χ1n) is 3.88. The van der Waals surface area contributed by atoms with Crippen molar-refractivity contribution in [3.8, 4) is 0 Å². The Kier molecular flexibility index (Phi) is 11.2. The molecule has 0 amide bonds. The SMILES string of the molecule is CC(C)O.CCOC(=O)CC. The number of ether oxygens (including phenoxy) is 1. The molecule has 0 saturated heterocycles. The summed E-state index contributed by atoms with van der Waals surface area (Å²) in [6.07, 6.45) is 0.313. The largest absolute Gasteiger partial charge is 0.466 e. The molecule has 0 fully saturated rings. The zero-order chi connectivity index (χ0) is 9.28. The Morgan fingerprint density at radius 3 is 1.91 bits per heavy atom. The fourth-order valence-corrected chi connectivity index (χ4v) is 0.263. The van der Waals surface area contributed by atoms with Crippen LogP contribution >= 0.6 is 0 Å². The third-order valence-electron chi connectivity index (χ3n) is 0.594. The molecule has 3 heteroatoms. The van der Waals surface area contributed by atoms with Crippen LogP contribution in [-0.4, -0.2) is 23.8 Å². The normalized spacial score (nSPS) is 8.55. The van der Waals surface area contributed by atoms with Crippen molar-refractivity contribution in [2.75, 3.05) is 6.61 Å². The smallest absolute Gasteiger partial charge is 0.305 e. The summed E-state index contributed by atoms with van der Waals surface area (Å²) in [5, 5.41) is 8.06. The summed E-state index contributed by atoms with van der Waals surface area (Å²) in [6.45, 7) is 7.51. The van der Waals surface area contributed by atoms with Crippen LogP contribution in [0.1, 0.15) is 34.1 Å². The van der Waals surface area contributed by atoms with Gasteiger partial charge in [-0.25, -0.2) is 0 Å². The lowest BCUT2D eigenvalue weighted by Gasteiger charge is -1.93. The highest BCUT2D eigenvalue weighted by Gasteiger charge is 1.91. The zero-order valence-electron chi connectivity index (χ0n) is 7.76. The number of rotatable bonds is 2. The molecular formula is C8H18O3. The van der Waals surface area contributed by atoms with E-state index in [2.05, 4.69) is 4.74 Å². The van der Waals surface area contributed by atoms with Gasteiger partial charge in [0.25, 0.3) is 0 Å². The van der Waals surface area contributed by atoms with Crippen molar-refractivity contribution < 1.29 is 14.6 Å². The summed E-state index contributed by atoms with van der Waals surface area (Å²) in [6, 6.07) is 0. The topological polar surface area (TPSA) is 46.5 Å². The van der Waals surface area contributed by atoms with Gasteiger partial charge in [0, 0.05) is 12.5 Å². The Balaban J connectivity index is 0. The van der Waals surface area contributed by atoms with Crippen LogP contribution in [0.2, 0.25) is 0 Å². The molecule has 68 valence electrons. The fourth-order valence-electron chi connectivity index (χ4n) is 0.263. The maximum Gasteiger partial charge on any atom is 0.305 e. The molecule has 1 N–H and O–H groups in total. The van der Waals surface area contributed by atoms with Crippen molar-refractivity contribution in [3.05, 3.63) is 0 Å². The van der Waals surface area contributed by atoms with Gasteiger partial charge in [-0.05, 0) is 20.8 Å². The molecule has 0 atom stereocenters. The van der Waals surface area contributed by atoms with Crippen molar-refractivity contribution in [3.63, 3.8) is 0 Å². The molecule has 0 aliphatic heterocycles. The number of hydrogen-bond acceptors (Lipinski definition) is 3. The van der Waals surface area contributed by atoms with Crippen molar-refractivity contribution in [2.45, 2.75) is 40.2 Å². The highest BCUT2D eigenvalue weighted by Crippen LogP contribution is 1.80. The van der Waals surface area contributed by atoms with E-state index in [4.69, 9.17) is 5.11 Å². The van der Waals surface area contributed by atoms with Crippen LogP contribution < -0.4 is 0 Å². The lowest BCUT2D eigenvalue weighted by atomic mass is 10.5. The second-order valence-corrected chi connectivity index (χ2v) is 2.25. The average Bonchev–Trinajstić information content (AvgIpc) is 1.87. The third kappa shape index (κ3) is 26.5. The van der Waals surface area contributed by atoms with Crippen LogP contribution in [-0.2, 0) is 9.53 Å². The summed E-state index contributed by atoms with van der Waals surface area (Å²) in [5.74, 6) is -0.123. The first-order chi connectivity index (χ1) is 5.04. The maximum absolute atomic E-state index is 10.2. The van der Waals surface area contributed by atoms with Crippen molar-refractivity contribution in [1.29, 1.82) is 0 Å². The molecule has 0 aromatic carbocycles. The van der Waals surface area contributed by atoms with Crippen LogP contribution in [0.3, 0.4) is 0 Å². The van der Waals surface area contributed by atoms with E-state index in [-0.39, 0.29) is 12.1 Å². The number of esters is 1. The predicted octanol–water partition coefficient (Wildman–Crippen LogP) is 1.35. The van der Waals surface area contributed by atoms with E-state index >= 15 is 0 Å². The molecule has 0 unspecified atom stereocenters. The fraction of sp³-hybridized carbons (Fsp3) is 0.875. The lowest BCUT2D eigenvalue weighted by molar-refractivity contribution is -0.142. The molecule has 0 aromatic rings. The van der Waals surface area contributed by atoms with Crippen molar-refractivity contribution in [1.82, 2.24) is 0 Å². The number of hydrogen-bond donors (Lipinski definition) is 1. The van der Waals surface area contributed by atoms with E-state index in [1.165, 1.54) is 0 Å². The van der Waals surface area contributed by atoms with Gasteiger partial charge in [-0.1, -0.05) is 6.92 Å². The monoisotopic (exact) mass is 162 g/mol. The van der Waals surface area contributed by atoms with E-state index in [0.717, 1.165) is 0 Å². The third-order valence-corrected chi connectivity index (χ3v) is 0.594. The van der Waals surface area contributed by atoms with Gasteiger partial charge in [0.05, 0.1) is 6.61 Å². The molecular weight excluding hydrogens is 144 g/mol. The number of aliphatic hydroxyl groups is 1. The minimum atomic E-state index is -0.167. The van der Waals surface area contributed by atoms with Gasteiger partial charge < -0.3 is 9.84 Å². The number of carbonyl (C=O) groups excluding carboxylic acids is 1. The second-order valence-electron chi connectivity index (χ2n) is 2.25. The van der Waals surface area contributed by atoms with E-state index < -0.39 is 0 Å². The van der Waals surface area contributed by atoms with Gasteiger partial charge in [-0.15, -0.1) is 0 Å². The Morgan fingerprint density at radius 1 is 1.45 bits per heavy atom. The highest BCUT2D eigenvalue weighted by atomic mass is 16.5. The molecule has 0 heterocycles.